The summed E-state index contributed by atoms with van der Waals surface area (Å²) in [6, 6.07) is 10.5. The Kier molecular flexibility index (Phi) is 4.35. The van der Waals surface area contributed by atoms with Gasteiger partial charge in [0.15, 0.2) is 0 Å². The van der Waals surface area contributed by atoms with Crippen molar-refractivity contribution in [2.45, 2.75) is 32.0 Å². The molecule has 1 heterocycles. The minimum atomic E-state index is -4.39. The number of unbranched alkanes of at least 4 members (excludes halogenated alkanes) is 1. The SMILES string of the molecule is CCCCN1c2ccc(C(F)(F)F)cc2-c2ccccc2C1C=O. The number of rotatable bonds is 4. The fourth-order valence-corrected chi connectivity index (χ4v) is 3.23. The molecule has 1 atom stereocenters. The fourth-order valence-electron chi connectivity index (χ4n) is 3.23. The van der Waals surface area contributed by atoms with E-state index in [2.05, 4.69) is 0 Å². The Hall–Kier alpha value is -2.30. The van der Waals surface area contributed by atoms with Crippen LogP contribution in [0, 0.1) is 0 Å². The first-order valence-corrected chi connectivity index (χ1v) is 8.00. The van der Waals surface area contributed by atoms with Gasteiger partial charge < -0.3 is 9.69 Å². The van der Waals surface area contributed by atoms with Gasteiger partial charge in [0.2, 0.25) is 0 Å². The third kappa shape index (κ3) is 2.79. The van der Waals surface area contributed by atoms with Crippen molar-refractivity contribution in [3.63, 3.8) is 0 Å². The number of fused-ring (bicyclic) bond motifs is 3. The van der Waals surface area contributed by atoms with Crippen molar-refractivity contribution in [3.05, 3.63) is 53.6 Å². The smallest absolute Gasteiger partial charge is 0.357 e. The third-order valence-corrected chi connectivity index (χ3v) is 4.42. The molecule has 0 amide bonds. The molecule has 1 aliphatic rings. The molecule has 5 heteroatoms. The van der Waals surface area contributed by atoms with Crippen molar-refractivity contribution in [1.29, 1.82) is 0 Å². The highest BCUT2D eigenvalue weighted by molar-refractivity contribution is 5.90. The molecule has 0 saturated heterocycles. The van der Waals surface area contributed by atoms with E-state index in [1.165, 1.54) is 12.1 Å². The molecule has 0 aliphatic carbocycles. The van der Waals surface area contributed by atoms with Crippen molar-refractivity contribution < 1.29 is 18.0 Å². The molecule has 0 N–H and O–H groups in total. The number of carbonyl (C=O) groups excluding carboxylic acids is 1. The molecular formula is C19H18F3NO. The summed E-state index contributed by atoms with van der Waals surface area (Å²) >= 11 is 0. The summed E-state index contributed by atoms with van der Waals surface area (Å²) in [5.74, 6) is 0. The predicted molar refractivity (Wildman–Crippen MR) is 87.9 cm³/mol. The van der Waals surface area contributed by atoms with Crippen molar-refractivity contribution in [3.8, 4) is 11.1 Å². The lowest BCUT2D eigenvalue weighted by Gasteiger charge is -2.38. The molecule has 126 valence electrons. The molecule has 2 aromatic carbocycles. The van der Waals surface area contributed by atoms with Gasteiger partial charge in [-0.05, 0) is 35.7 Å². The molecule has 0 fully saturated rings. The number of anilines is 1. The summed E-state index contributed by atoms with van der Waals surface area (Å²) in [6.45, 7) is 2.67. The van der Waals surface area contributed by atoms with E-state index in [1.807, 2.05) is 24.0 Å². The summed E-state index contributed by atoms with van der Waals surface area (Å²) in [4.78, 5) is 13.6. The van der Waals surface area contributed by atoms with Crippen molar-refractivity contribution >= 4 is 12.0 Å². The highest BCUT2D eigenvalue weighted by atomic mass is 19.4. The van der Waals surface area contributed by atoms with Crippen LogP contribution in [0.4, 0.5) is 18.9 Å². The predicted octanol–water partition coefficient (Wildman–Crippen LogP) is 5.23. The molecule has 0 spiro atoms. The van der Waals surface area contributed by atoms with Crippen LogP contribution in [0.5, 0.6) is 0 Å². The van der Waals surface area contributed by atoms with Crippen molar-refractivity contribution in [1.82, 2.24) is 0 Å². The number of hydrogen-bond acceptors (Lipinski definition) is 2. The summed E-state index contributed by atoms with van der Waals surface area (Å²) in [5.41, 5.74) is 2.01. The Morgan fingerprint density at radius 3 is 2.54 bits per heavy atom. The van der Waals surface area contributed by atoms with Gasteiger partial charge in [-0.25, -0.2) is 0 Å². The van der Waals surface area contributed by atoms with Gasteiger partial charge in [-0.3, -0.25) is 0 Å². The van der Waals surface area contributed by atoms with Gasteiger partial charge in [-0.15, -0.1) is 0 Å². The number of hydrogen-bond donors (Lipinski definition) is 0. The number of halogens is 3. The number of nitrogens with zero attached hydrogens (tertiary/aromatic N) is 1. The average molecular weight is 333 g/mol. The van der Waals surface area contributed by atoms with Gasteiger partial charge in [0.25, 0.3) is 0 Å². The Labute approximate surface area is 138 Å². The molecule has 3 rings (SSSR count). The van der Waals surface area contributed by atoms with Gasteiger partial charge in [0.05, 0.1) is 5.56 Å². The van der Waals surface area contributed by atoms with Crippen LogP contribution in [-0.2, 0) is 11.0 Å². The monoisotopic (exact) mass is 333 g/mol. The van der Waals surface area contributed by atoms with Crippen LogP contribution in [0.2, 0.25) is 0 Å². The Morgan fingerprint density at radius 2 is 1.88 bits per heavy atom. The van der Waals surface area contributed by atoms with Crippen molar-refractivity contribution in [2.75, 3.05) is 11.4 Å². The normalized spacial score (nSPS) is 16.5. The zero-order valence-corrected chi connectivity index (χ0v) is 13.3. The number of alkyl halides is 3. The lowest BCUT2D eigenvalue weighted by Crippen LogP contribution is -2.34. The molecule has 0 saturated carbocycles. The second kappa shape index (κ2) is 6.30. The summed E-state index contributed by atoms with van der Waals surface area (Å²) in [7, 11) is 0. The minimum Gasteiger partial charge on any atom is -0.357 e. The molecule has 1 aliphatic heterocycles. The third-order valence-electron chi connectivity index (χ3n) is 4.42. The maximum Gasteiger partial charge on any atom is 0.416 e. The standard InChI is InChI=1S/C19H18F3NO/c1-2-3-10-23-17-9-8-13(19(20,21)22)11-16(17)14-6-4-5-7-15(14)18(23)12-24/h4-9,11-12,18H,2-3,10H2,1H3. The fraction of sp³-hybridized carbons (Fsp3) is 0.316. The number of carbonyl (C=O) groups is 1. The van der Waals surface area contributed by atoms with Gasteiger partial charge >= 0.3 is 6.18 Å². The maximum absolute atomic E-state index is 13.1. The second-order valence-electron chi connectivity index (χ2n) is 5.94. The Balaban J connectivity index is 2.20. The molecule has 0 aromatic heterocycles. The van der Waals surface area contributed by atoms with E-state index in [0.717, 1.165) is 30.8 Å². The Bertz CT molecular complexity index is 755. The van der Waals surface area contributed by atoms with Crippen LogP contribution in [-0.4, -0.2) is 12.8 Å². The van der Waals surface area contributed by atoms with Crippen LogP contribution in [0.1, 0.15) is 36.9 Å². The van der Waals surface area contributed by atoms with Crippen LogP contribution >= 0.6 is 0 Å². The van der Waals surface area contributed by atoms with Gasteiger partial charge in [0, 0.05) is 17.8 Å². The molecule has 0 bridgehead atoms. The Morgan fingerprint density at radius 1 is 1.12 bits per heavy atom. The lowest BCUT2D eigenvalue weighted by molar-refractivity contribution is -0.137. The molecule has 24 heavy (non-hydrogen) atoms. The zero-order valence-electron chi connectivity index (χ0n) is 13.3. The highest BCUT2D eigenvalue weighted by Crippen LogP contribution is 2.46. The minimum absolute atomic E-state index is 0.461. The van der Waals surface area contributed by atoms with E-state index in [-0.39, 0.29) is 0 Å². The van der Waals surface area contributed by atoms with E-state index < -0.39 is 17.8 Å². The van der Waals surface area contributed by atoms with E-state index in [4.69, 9.17) is 0 Å². The first-order chi connectivity index (χ1) is 11.5. The van der Waals surface area contributed by atoms with E-state index >= 15 is 0 Å². The van der Waals surface area contributed by atoms with Crippen LogP contribution in [0.25, 0.3) is 11.1 Å². The summed E-state index contributed by atoms with van der Waals surface area (Å²) < 4.78 is 39.3. The van der Waals surface area contributed by atoms with Crippen LogP contribution in [0.3, 0.4) is 0 Å². The average Bonchev–Trinajstić information content (AvgIpc) is 2.58. The summed E-state index contributed by atoms with van der Waals surface area (Å²) in [6.07, 6.45) is -1.71. The molecular weight excluding hydrogens is 315 g/mol. The molecule has 2 aromatic rings. The number of benzene rings is 2. The lowest BCUT2D eigenvalue weighted by atomic mass is 9.87. The van der Waals surface area contributed by atoms with E-state index in [1.54, 1.807) is 12.1 Å². The van der Waals surface area contributed by atoms with E-state index in [0.29, 0.717) is 23.4 Å². The zero-order chi connectivity index (χ0) is 17.3. The second-order valence-corrected chi connectivity index (χ2v) is 5.94. The topological polar surface area (TPSA) is 20.3 Å². The van der Waals surface area contributed by atoms with Gasteiger partial charge in [0.1, 0.15) is 12.3 Å². The summed E-state index contributed by atoms with van der Waals surface area (Å²) in [5, 5.41) is 0. The molecule has 1 unspecified atom stereocenters. The quantitative estimate of drug-likeness (QED) is 0.714. The molecule has 0 radical (unpaired) electrons. The largest absolute Gasteiger partial charge is 0.416 e. The molecule has 2 nitrogen and oxygen atoms in total. The van der Waals surface area contributed by atoms with Gasteiger partial charge in [-0.1, -0.05) is 37.6 Å². The van der Waals surface area contributed by atoms with Crippen LogP contribution in [0.15, 0.2) is 42.5 Å². The van der Waals surface area contributed by atoms with Crippen molar-refractivity contribution in [2.24, 2.45) is 0 Å². The highest BCUT2D eigenvalue weighted by Gasteiger charge is 2.35. The number of aldehydes is 1. The maximum atomic E-state index is 13.1. The van der Waals surface area contributed by atoms with Gasteiger partial charge in [-0.2, -0.15) is 13.2 Å². The first-order valence-electron chi connectivity index (χ1n) is 8.00. The first kappa shape index (κ1) is 16.6. The van der Waals surface area contributed by atoms with Crippen LogP contribution < -0.4 is 4.90 Å². The van der Waals surface area contributed by atoms with E-state index in [9.17, 15) is 18.0 Å².